The van der Waals surface area contributed by atoms with Gasteiger partial charge in [-0.25, -0.2) is 0 Å². The van der Waals surface area contributed by atoms with Crippen molar-refractivity contribution >= 4 is 36.0 Å². The molecule has 31 heavy (non-hydrogen) atoms. The van der Waals surface area contributed by atoms with E-state index in [0.717, 1.165) is 11.8 Å². The normalized spacial score (nSPS) is 20.5. The third kappa shape index (κ3) is 5.39. The summed E-state index contributed by atoms with van der Waals surface area (Å²) in [6, 6.07) is 4.16. The number of hydrogen-bond donors (Lipinski definition) is 0. The summed E-state index contributed by atoms with van der Waals surface area (Å²) < 4.78 is 49.5. The number of thioether (sulfide) groups is 1. The van der Waals surface area contributed by atoms with Crippen molar-refractivity contribution in [1.29, 1.82) is 0 Å². The predicted octanol–water partition coefficient (Wildman–Crippen LogP) is 6.80. The SMILES string of the molecule is CC1(CO[Si](C)(C)C(C)(C)C)Cc2nnc(-c3ccc(Br)cc3C(F)(F)F)n2CCS1. The van der Waals surface area contributed by atoms with E-state index in [9.17, 15) is 13.2 Å². The van der Waals surface area contributed by atoms with Crippen LogP contribution in [0.2, 0.25) is 18.1 Å². The van der Waals surface area contributed by atoms with Gasteiger partial charge >= 0.3 is 6.18 Å². The molecule has 0 saturated carbocycles. The van der Waals surface area contributed by atoms with Gasteiger partial charge in [-0.1, -0.05) is 36.7 Å². The first kappa shape index (κ1) is 24.8. The van der Waals surface area contributed by atoms with E-state index in [2.05, 4.69) is 66.9 Å². The Balaban J connectivity index is 1.91. The lowest BCUT2D eigenvalue weighted by molar-refractivity contribution is -0.137. The Morgan fingerprint density at radius 2 is 1.90 bits per heavy atom. The number of aromatic nitrogens is 3. The van der Waals surface area contributed by atoms with Gasteiger partial charge in [0.05, 0.1) is 5.56 Å². The average molecular weight is 537 g/mol. The second-order valence-corrected chi connectivity index (χ2v) is 17.2. The number of nitrogens with zero attached hydrogens (tertiary/aromatic N) is 3. The maximum atomic E-state index is 13.7. The molecule has 172 valence electrons. The number of rotatable bonds is 4. The highest BCUT2D eigenvalue weighted by molar-refractivity contribution is 9.10. The summed E-state index contributed by atoms with van der Waals surface area (Å²) in [5.41, 5.74) is -0.654. The van der Waals surface area contributed by atoms with Crippen LogP contribution in [0.1, 0.15) is 39.1 Å². The molecule has 2 heterocycles. The lowest BCUT2D eigenvalue weighted by atomic mass is 10.1. The smallest absolute Gasteiger partial charge is 0.415 e. The van der Waals surface area contributed by atoms with Crippen LogP contribution in [0.3, 0.4) is 0 Å². The molecular formula is C21H29BrF3N3OSSi. The van der Waals surface area contributed by atoms with E-state index in [1.165, 1.54) is 6.07 Å². The molecule has 0 N–H and O–H groups in total. The van der Waals surface area contributed by atoms with Crippen molar-refractivity contribution in [1.82, 2.24) is 14.8 Å². The molecule has 4 nitrogen and oxygen atoms in total. The molecule has 1 unspecified atom stereocenters. The molecule has 0 amide bonds. The molecule has 1 atom stereocenters. The van der Waals surface area contributed by atoms with E-state index in [1.807, 2.05) is 4.57 Å². The Labute approximate surface area is 195 Å². The Hall–Kier alpha value is -0.843. The molecule has 0 radical (unpaired) electrons. The standard InChI is InChI=1S/C21H29BrF3N3OSSi/c1-19(2,3)31(5,6)29-13-20(4)12-17-26-27-18(28(17)9-10-30-20)15-8-7-14(22)11-16(15)21(23,24)25/h7-8,11H,9-10,12-13H2,1-6H3. The number of benzene rings is 1. The van der Waals surface area contributed by atoms with Gasteiger partial charge < -0.3 is 8.99 Å². The van der Waals surface area contributed by atoms with E-state index >= 15 is 0 Å². The molecule has 2 aromatic rings. The highest BCUT2D eigenvalue weighted by Crippen LogP contribution is 2.41. The first-order valence-corrected chi connectivity index (χ1v) is 14.9. The van der Waals surface area contributed by atoms with Crippen LogP contribution in [-0.2, 0) is 23.6 Å². The molecular weight excluding hydrogens is 507 g/mol. The van der Waals surface area contributed by atoms with Gasteiger partial charge in [0.2, 0.25) is 0 Å². The summed E-state index contributed by atoms with van der Waals surface area (Å²) in [6.07, 6.45) is -3.88. The molecule has 0 aliphatic carbocycles. The largest absolute Gasteiger partial charge is 0.417 e. The average Bonchev–Trinajstić information content (AvgIpc) is 2.92. The van der Waals surface area contributed by atoms with Gasteiger partial charge in [0, 0.05) is 40.1 Å². The third-order valence-electron chi connectivity index (χ3n) is 6.20. The predicted molar refractivity (Wildman–Crippen MR) is 126 cm³/mol. The topological polar surface area (TPSA) is 39.9 Å². The molecule has 0 saturated heterocycles. The summed E-state index contributed by atoms with van der Waals surface area (Å²) in [6.45, 7) is 14.4. The maximum absolute atomic E-state index is 13.7. The van der Waals surface area contributed by atoms with Crippen molar-refractivity contribution in [2.45, 2.75) is 69.7 Å². The van der Waals surface area contributed by atoms with Crippen LogP contribution in [0.5, 0.6) is 0 Å². The Morgan fingerprint density at radius 1 is 1.23 bits per heavy atom. The molecule has 0 fully saturated rings. The molecule has 1 aliphatic heterocycles. The Kier molecular flexibility index (Phi) is 6.80. The van der Waals surface area contributed by atoms with Crippen LogP contribution in [0.15, 0.2) is 22.7 Å². The van der Waals surface area contributed by atoms with E-state index in [0.29, 0.717) is 29.9 Å². The van der Waals surface area contributed by atoms with Gasteiger partial charge in [-0.2, -0.15) is 24.9 Å². The fourth-order valence-corrected chi connectivity index (χ4v) is 5.98. The molecule has 1 aromatic heterocycles. The fraction of sp³-hybridized carbons (Fsp3) is 0.619. The van der Waals surface area contributed by atoms with E-state index in [4.69, 9.17) is 4.43 Å². The zero-order chi connectivity index (χ0) is 23.2. The first-order chi connectivity index (χ1) is 14.1. The number of alkyl halides is 3. The minimum absolute atomic E-state index is 0.0561. The maximum Gasteiger partial charge on any atom is 0.417 e. The first-order valence-electron chi connectivity index (χ1n) is 10.2. The van der Waals surface area contributed by atoms with Crippen LogP contribution in [-0.4, -0.2) is 40.2 Å². The molecule has 0 spiro atoms. The monoisotopic (exact) mass is 535 g/mol. The Morgan fingerprint density at radius 3 is 2.52 bits per heavy atom. The van der Waals surface area contributed by atoms with Crippen LogP contribution < -0.4 is 0 Å². The van der Waals surface area contributed by atoms with Crippen molar-refractivity contribution in [3.63, 3.8) is 0 Å². The van der Waals surface area contributed by atoms with Gasteiger partial charge in [0.25, 0.3) is 0 Å². The summed E-state index contributed by atoms with van der Waals surface area (Å²) in [5.74, 6) is 1.73. The minimum atomic E-state index is -4.48. The van der Waals surface area contributed by atoms with Gasteiger partial charge in [-0.15, -0.1) is 10.2 Å². The summed E-state index contributed by atoms with van der Waals surface area (Å²) >= 11 is 4.94. The molecule has 3 rings (SSSR count). The van der Waals surface area contributed by atoms with Crippen molar-refractivity contribution in [2.24, 2.45) is 0 Å². The second-order valence-electron chi connectivity index (χ2n) is 9.80. The summed E-state index contributed by atoms with van der Waals surface area (Å²) in [5, 5.41) is 8.60. The third-order valence-corrected chi connectivity index (χ3v) is 12.5. The zero-order valence-corrected chi connectivity index (χ0v) is 22.1. The fourth-order valence-electron chi connectivity index (χ4n) is 3.26. The molecule has 0 bridgehead atoms. The highest BCUT2D eigenvalue weighted by atomic mass is 79.9. The van der Waals surface area contributed by atoms with E-state index in [-0.39, 0.29) is 21.2 Å². The quantitative estimate of drug-likeness (QED) is 0.403. The van der Waals surface area contributed by atoms with Crippen LogP contribution >= 0.6 is 27.7 Å². The lowest BCUT2D eigenvalue weighted by Crippen LogP contribution is -2.45. The lowest BCUT2D eigenvalue weighted by Gasteiger charge is -2.39. The van der Waals surface area contributed by atoms with Crippen molar-refractivity contribution in [3.8, 4) is 11.4 Å². The minimum Gasteiger partial charge on any atom is -0.415 e. The summed E-state index contributed by atoms with van der Waals surface area (Å²) in [4.78, 5) is 0. The van der Waals surface area contributed by atoms with Crippen molar-refractivity contribution in [2.75, 3.05) is 12.4 Å². The zero-order valence-electron chi connectivity index (χ0n) is 18.7. The second kappa shape index (κ2) is 8.50. The molecule has 1 aliphatic rings. The number of halogens is 4. The van der Waals surface area contributed by atoms with Crippen LogP contribution in [0.25, 0.3) is 11.4 Å². The van der Waals surface area contributed by atoms with Gasteiger partial charge in [0.1, 0.15) is 5.82 Å². The van der Waals surface area contributed by atoms with Crippen molar-refractivity contribution in [3.05, 3.63) is 34.1 Å². The van der Waals surface area contributed by atoms with E-state index in [1.54, 1.807) is 17.8 Å². The van der Waals surface area contributed by atoms with Crippen LogP contribution in [0, 0.1) is 0 Å². The van der Waals surface area contributed by atoms with E-state index < -0.39 is 20.1 Å². The summed E-state index contributed by atoms with van der Waals surface area (Å²) in [7, 11) is -1.91. The van der Waals surface area contributed by atoms with Gasteiger partial charge in [0.15, 0.2) is 14.1 Å². The molecule has 10 heteroatoms. The van der Waals surface area contributed by atoms with Gasteiger partial charge in [-0.3, -0.25) is 0 Å². The van der Waals surface area contributed by atoms with Gasteiger partial charge in [-0.05, 0) is 43.3 Å². The highest BCUT2D eigenvalue weighted by Gasteiger charge is 2.41. The number of fused-ring (bicyclic) bond motifs is 1. The Bertz CT molecular complexity index is 958. The number of hydrogen-bond acceptors (Lipinski definition) is 4. The van der Waals surface area contributed by atoms with Crippen molar-refractivity contribution < 1.29 is 17.6 Å². The van der Waals surface area contributed by atoms with Crippen LogP contribution in [0.4, 0.5) is 13.2 Å². The molecule has 1 aromatic carbocycles.